The molecular formula is C27H38F2N6O3Si. The zero-order valence-electron chi connectivity index (χ0n) is 28.9. The third kappa shape index (κ3) is 17.0. The van der Waals surface area contributed by atoms with Gasteiger partial charge in [-0.2, -0.15) is 0 Å². The molecule has 5 N–H and O–H groups in total. The molecule has 12 heteroatoms. The summed E-state index contributed by atoms with van der Waals surface area (Å²) in [6, 6.07) is 7.50. The van der Waals surface area contributed by atoms with E-state index in [1.54, 1.807) is 0 Å². The average molecular weight is 567 g/mol. The Morgan fingerprint density at radius 1 is 1.05 bits per heavy atom. The lowest BCUT2D eigenvalue weighted by atomic mass is 10.1. The van der Waals surface area contributed by atoms with E-state index in [2.05, 4.69) is 26.5 Å². The number of amides is 2. The van der Waals surface area contributed by atoms with E-state index < -0.39 is 56.7 Å². The first-order chi connectivity index (χ1) is 20.3. The predicted octanol–water partition coefficient (Wildman–Crippen LogP) is 5.00. The van der Waals surface area contributed by atoms with Gasteiger partial charge < -0.3 is 26.5 Å². The molecule has 0 bridgehead atoms. The molecule has 0 saturated heterocycles. The van der Waals surface area contributed by atoms with Gasteiger partial charge in [-0.1, -0.05) is 19.6 Å². The second-order valence-corrected chi connectivity index (χ2v) is 13.5. The third-order valence-electron chi connectivity index (χ3n) is 3.85. The number of Topliss-reactive ketones (excluding diaryl/α,β-unsaturated/α-hetero) is 1. The molecule has 1 unspecified atom stereocenters. The fourth-order valence-corrected chi connectivity index (χ4v) is 2.07. The average Bonchev–Trinajstić information content (AvgIpc) is 2.91. The molecule has 9 nitrogen and oxygen atoms in total. The summed E-state index contributed by atoms with van der Waals surface area (Å²) in [7, 11) is 1.49. The highest BCUT2D eigenvalue weighted by molar-refractivity contribution is 6.83. The van der Waals surface area contributed by atoms with E-state index >= 15 is 0 Å². The minimum atomic E-state index is -2.58. The van der Waals surface area contributed by atoms with Gasteiger partial charge in [-0.3, -0.25) is 14.4 Å². The van der Waals surface area contributed by atoms with Crippen molar-refractivity contribution in [1.29, 1.82) is 5.26 Å². The van der Waals surface area contributed by atoms with Crippen LogP contribution in [0.3, 0.4) is 0 Å². The molecule has 2 amide bonds. The number of halogens is 2. The lowest BCUT2D eigenvalue weighted by Gasteiger charge is -2.15. The predicted molar refractivity (Wildman–Crippen MR) is 154 cm³/mol. The highest BCUT2D eigenvalue weighted by Gasteiger charge is 2.22. The molecule has 0 aromatic heterocycles. The smallest absolute Gasteiger partial charge is 0.299 e. The Morgan fingerprint density at radius 2 is 1.49 bits per heavy atom. The molecule has 0 saturated carbocycles. The maximum absolute atomic E-state index is 13.7. The van der Waals surface area contributed by atoms with Gasteiger partial charge in [0.05, 0.1) is 11.1 Å². The van der Waals surface area contributed by atoms with Crippen LogP contribution in [0.1, 0.15) is 56.5 Å². The van der Waals surface area contributed by atoms with Crippen molar-refractivity contribution < 1.29 is 31.4 Å². The SMILES string of the molecule is CNC(=O)c1ccc(N)cc1F.C[Si](C)(C)C#N.[2H]C([2H])([2H])C(C)([N+]#[C-])Nc1ccc(C(=O)NC)c(F)c1.[2H]C([2H])([2H])C(C)=O. The molecule has 0 aliphatic heterocycles. The molecule has 2 aromatic carbocycles. The summed E-state index contributed by atoms with van der Waals surface area (Å²) in [5, 5.41) is 15.3. The Bertz CT molecular complexity index is 1420. The van der Waals surface area contributed by atoms with Crippen molar-refractivity contribution in [3.63, 3.8) is 0 Å². The molecule has 0 aliphatic rings. The number of anilines is 2. The van der Waals surface area contributed by atoms with Gasteiger partial charge >= 0.3 is 0 Å². The monoisotopic (exact) mass is 566 g/mol. The number of hydrogen-bond acceptors (Lipinski definition) is 6. The van der Waals surface area contributed by atoms with E-state index in [1.165, 1.54) is 45.3 Å². The van der Waals surface area contributed by atoms with Crippen molar-refractivity contribution in [3.05, 3.63) is 70.6 Å². The van der Waals surface area contributed by atoms with Crippen molar-refractivity contribution in [3.8, 4) is 5.69 Å². The summed E-state index contributed by atoms with van der Waals surface area (Å²) in [6.07, 6.45) is 0. The molecule has 39 heavy (non-hydrogen) atoms. The number of nitrogens with one attached hydrogen (secondary N) is 3. The number of benzene rings is 2. The van der Waals surface area contributed by atoms with E-state index in [9.17, 15) is 23.2 Å². The number of rotatable bonds is 4. The molecule has 0 radical (unpaired) electrons. The number of nitrogens with zero attached hydrogens (tertiary/aromatic N) is 2. The Kier molecular flexibility index (Phi) is 11.6. The first-order valence-corrected chi connectivity index (χ1v) is 14.7. The summed E-state index contributed by atoms with van der Waals surface area (Å²) in [4.78, 5) is 35.3. The second kappa shape index (κ2) is 17.3. The quantitative estimate of drug-likeness (QED) is 0.233. The molecule has 2 rings (SSSR count). The van der Waals surface area contributed by atoms with Gasteiger partial charge in [-0.05, 0) is 50.2 Å². The van der Waals surface area contributed by atoms with Gasteiger partial charge in [-0.25, -0.2) is 20.6 Å². The normalized spacial score (nSPS) is 13.9. The largest absolute Gasteiger partial charge is 0.399 e. The van der Waals surface area contributed by atoms with Gasteiger partial charge in [-0.15, -0.1) is 0 Å². The number of nitrogen functional groups attached to an aromatic ring is 1. The topological polar surface area (TPSA) is 141 Å². The maximum Gasteiger partial charge on any atom is 0.299 e. The molecule has 1 atom stereocenters. The molecule has 0 aliphatic carbocycles. The van der Waals surface area contributed by atoms with Gasteiger partial charge in [0.25, 0.3) is 17.5 Å². The van der Waals surface area contributed by atoms with E-state index in [1.807, 2.05) is 19.6 Å². The highest BCUT2D eigenvalue weighted by Crippen LogP contribution is 2.19. The Labute approximate surface area is 239 Å². The molecule has 212 valence electrons. The van der Waals surface area contributed by atoms with Crippen LogP contribution in [0.25, 0.3) is 4.85 Å². The highest BCUT2D eigenvalue weighted by atomic mass is 28.3. The molecular weight excluding hydrogens is 522 g/mol. The van der Waals surface area contributed by atoms with Crippen LogP contribution in [0.2, 0.25) is 19.6 Å². The van der Waals surface area contributed by atoms with Crippen molar-refractivity contribution in [2.75, 3.05) is 25.1 Å². The summed E-state index contributed by atoms with van der Waals surface area (Å²) in [5.74, 6) is -3.20. The van der Waals surface area contributed by atoms with Crippen LogP contribution in [-0.2, 0) is 4.79 Å². The summed E-state index contributed by atoms with van der Waals surface area (Å²) in [5.41, 5.74) is 5.94. The van der Waals surface area contributed by atoms with Crippen LogP contribution in [-0.4, -0.2) is 45.4 Å². The minimum absolute atomic E-state index is 0.00620. The lowest BCUT2D eigenvalue weighted by molar-refractivity contribution is -0.115. The summed E-state index contributed by atoms with van der Waals surface area (Å²) in [6.45, 7) is 10.3. The fraction of sp³-hybridized carbons (Fsp3) is 0.370. The van der Waals surface area contributed by atoms with Crippen LogP contribution >= 0.6 is 0 Å². The summed E-state index contributed by atoms with van der Waals surface area (Å²) >= 11 is 0. The van der Waals surface area contributed by atoms with Crippen LogP contribution < -0.4 is 21.7 Å². The van der Waals surface area contributed by atoms with Crippen molar-refractivity contribution >= 4 is 37.0 Å². The van der Waals surface area contributed by atoms with E-state index in [4.69, 9.17) is 25.8 Å². The van der Waals surface area contributed by atoms with Crippen LogP contribution in [0.15, 0.2) is 36.4 Å². The first-order valence-electron chi connectivity index (χ1n) is 14.2. The molecule has 0 spiro atoms. The molecule has 2 aromatic rings. The lowest BCUT2D eigenvalue weighted by Crippen LogP contribution is -2.26. The van der Waals surface area contributed by atoms with E-state index in [0.717, 1.165) is 19.1 Å². The number of carbonyl (C=O) groups is 3. The fourth-order valence-electron chi connectivity index (χ4n) is 2.07. The summed E-state index contributed by atoms with van der Waals surface area (Å²) < 4.78 is 67.8. The number of hydrogen-bond donors (Lipinski definition) is 4. The number of ketones is 1. The van der Waals surface area contributed by atoms with E-state index in [0.29, 0.717) is 5.69 Å². The zero-order chi connectivity index (χ0) is 36.0. The van der Waals surface area contributed by atoms with E-state index in [-0.39, 0.29) is 16.8 Å². The Morgan fingerprint density at radius 3 is 1.79 bits per heavy atom. The zero-order valence-corrected chi connectivity index (χ0v) is 23.9. The molecule has 0 fully saturated rings. The van der Waals surface area contributed by atoms with Crippen LogP contribution in [0, 0.1) is 29.2 Å². The van der Waals surface area contributed by atoms with Crippen LogP contribution in [0.4, 0.5) is 20.2 Å². The standard InChI is InChI=1S/C12H14FN3O.C8H9FN2O.C4H9NSi.C3H6O/c1-12(2,15-4)16-8-5-6-9(10(13)7-8)11(17)14-3;1-11-8(12)6-3-2-5(10)4-7(6)9;1-6(2,3)4-5;1-3(2)4/h5-7,16H,1-3H3,(H,14,17);2-4H,10H2,1H3,(H,11,12);1-3H3;1-2H3/i1D3;;;1D3. The van der Waals surface area contributed by atoms with Crippen LogP contribution in [0.5, 0.6) is 0 Å². The van der Waals surface area contributed by atoms with Crippen molar-refractivity contribution in [2.24, 2.45) is 0 Å². The van der Waals surface area contributed by atoms with Gasteiger partial charge in [0.15, 0.2) is 8.07 Å². The van der Waals surface area contributed by atoms with Gasteiger partial charge in [0.1, 0.15) is 17.4 Å². The maximum atomic E-state index is 13.7. The first kappa shape index (κ1) is 26.3. The third-order valence-corrected chi connectivity index (χ3v) is 4.52. The Hall–Kier alpha value is -4.29. The number of nitrogens with two attached hydrogens (primary N) is 1. The van der Waals surface area contributed by atoms with Crippen molar-refractivity contribution in [2.45, 2.75) is 52.9 Å². The van der Waals surface area contributed by atoms with Crippen molar-refractivity contribution in [1.82, 2.24) is 10.6 Å². The van der Waals surface area contributed by atoms with Gasteiger partial charge in [0.2, 0.25) is 0 Å². The Balaban J connectivity index is 0. The van der Waals surface area contributed by atoms with Gasteiger partial charge in [0, 0.05) is 53.2 Å². The number of nitriles is 1. The second-order valence-electron chi connectivity index (χ2n) is 8.82. The number of carbonyl (C=O) groups excluding carboxylic acids is 3. The molecule has 0 heterocycles. The minimum Gasteiger partial charge on any atom is -0.399 e.